The summed E-state index contributed by atoms with van der Waals surface area (Å²) in [7, 11) is 1.60. The van der Waals surface area contributed by atoms with Crippen molar-refractivity contribution in [3.8, 4) is 5.75 Å². The number of rotatable bonds is 10. The van der Waals surface area contributed by atoms with Gasteiger partial charge in [0.05, 0.1) is 19.8 Å². The molecule has 0 saturated carbocycles. The monoisotopic (exact) mass is 294 g/mol. The van der Waals surface area contributed by atoms with Crippen molar-refractivity contribution in [1.82, 2.24) is 5.32 Å². The maximum Gasteiger partial charge on any atom is 0.238 e. The van der Waals surface area contributed by atoms with Gasteiger partial charge in [0.2, 0.25) is 5.91 Å². The summed E-state index contributed by atoms with van der Waals surface area (Å²) >= 11 is 0. The molecule has 0 fully saturated rings. The minimum Gasteiger partial charge on any atom is -0.497 e. The van der Waals surface area contributed by atoms with E-state index in [0.29, 0.717) is 6.54 Å². The molecule has 0 aliphatic heterocycles. The van der Waals surface area contributed by atoms with E-state index in [0.717, 1.165) is 37.4 Å². The fourth-order valence-electron chi connectivity index (χ4n) is 1.78. The van der Waals surface area contributed by atoms with Gasteiger partial charge in [-0.05, 0) is 45.4 Å². The molecular formula is C16H26N2O3. The smallest absolute Gasteiger partial charge is 0.238 e. The molecule has 0 aliphatic carbocycles. The first-order valence-corrected chi connectivity index (χ1v) is 7.38. The lowest BCUT2D eigenvalue weighted by molar-refractivity contribution is -0.115. The van der Waals surface area contributed by atoms with Gasteiger partial charge in [0.15, 0.2) is 0 Å². The van der Waals surface area contributed by atoms with Crippen LogP contribution in [0.3, 0.4) is 0 Å². The van der Waals surface area contributed by atoms with Gasteiger partial charge < -0.3 is 20.1 Å². The first kappa shape index (κ1) is 17.5. The van der Waals surface area contributed by atoms with Crippen LogP contribution in [0, 0.1) is 0 Å². The summed E-state index contributed by atoms with van der Waals surface area (Å²) in [5.41, 5.74) is 0.742. The molecule has 0 aromatic heterocycles. The van der Waals surface area contributed by atoms with Crippen LogP contribution in [-0.2, 0) is 9.53 Å². The number of hydrogen-bond donors (Lipinski definition) is 2. The Morgan fingerprint density at radius 2 is 2.10 bits per heavy atom. The van der Waals surface area contributed by atoms with Crippen molar-refractivity contribution in [3.05, 3.63) is 24.3 Å². The van der Waals surface area contributed by atoms with Crippen molar-refractivity contribution in [2.24, 2.45) is 0 Å². The summed E-state index contributed by atoms with van der Waals surface area (Å²) in [5, 5.41) is 5.95. The quantitative estimate of drug-likeness (QED) is 0.651. The van der Waals surface area contributed by atoms with Gasteiger partial charge in [0.1, 0.15) is 5.75 Å². The fraction of sp³-hybridized carbons (Fsp3) is 0.562. The number of carbonyl (C=O) groups excluding carboxylic acids is 1. The van der Waals surface area contributed by atoms with Crippen LogP contribution in [0.5, 0.6) is 5.75 Å². The van der Waals surface area contributed by atoms with Crippen molar-refractivity contribution in [1.29, 1.82) is 0 Å². The number of methoxy groups -OCH3 is 1. The van der Waals surface area contributed by atoms with Crippen LogP contribution in [-0.4, -0.2) is 38.8 Å². The fourth-order valence-corrected chi connectivity index (χ4v) is 1.78. The Hall–Kier alpha value is -1.59. The second-order valence-electron chi connectivity index (χ2n) is 5.08. The van der Waals surface area contributed by atoms with E-state index < -0.39 is 0 Å². The molecule has 5 heteroatoms. The Morgan fingerprint density at radius 3 is 2.81 bits per heavy atom. The lowest BCUT2D eigenvalue weighted by atomic mass is 10.3. The van der Waals surface area contributed by atoms with Crippen LogP contribution < -0.4 is 15.4 Å². The standard InChI is InChI=1S/C16H26N2O3/c1-13(2)21-10-5-4-9-17-12-16(19)18-14-7-6-8-15(11-14)20-3/h6-8,11,13,17H,4-5,9-10,12H2,1-3H3,(H,18,19). The van der Waals surface area contributed by atoms with E-state index in [4.69, 9.17) is 9.47 Å². The molecule has 0 spiro atoms. The van der Waals surface area contributed by atoms with Crippen LogP contribution in [0.15, 0.2) is 24.3 Å². The van der Waals surface area contributed by atoms with Crippen LogP contribution in [0.25, 0.3) is 0 Å². The summed E-state index contributed by atoms with van der Waals surface area (Å²) in [6.07, 6.45) is 2.29. The van der Waals surface area contributed by atoms with Crippen molar-refractivity contribution in [2.45, 2.75) is 32.8 Å². The normalized spacial score (nSPS) is 10.7. The van der Waals surface area contributed by atoms with Gasteiger partial charge >= 0.3 is 0 Å². The lowest BCUT2D eigenvalue weighted by Gasteiger charge is -2.09. The number of carbonyl (C=O) groups is 1. The predicted octanol–water partition coefficient (Wildman–Crippen LogP) is 2.43. The highest BCUT2D eigenvalue weighted by molar-refractivity contribution is 5.92. The Labute approximate surface area is 127 Å². The number of anilines is 1. The van der Waals surface area contributed by atoms with Gasteiger partial charge in [-0.1, -0.05) is 6.07 Å². The van der Waals surface area contributed by atoms with E-state index in [9.17, 15) is 4.79 Å². The van der Waals surface area contributed by atoms with E-state index in [2.05, 4.69) is 10.6 Å². The molecule has 0 bridgehead atoms. The molecule has 0 saturated heterocycles. The van der Waals surface area contributed by atoms with Crippen molar-refractivity contribution in [3.63, 3.8) is 0 Å². The SMILES string of the molecule is COc1cccc(NC(=O)CNCCCCOC(C)C)c1. The van der Waals surface area contributed by atoms with E-state index >= 15 is 0 Å². The van der Waals surface area contributed by atoms with Crippen LogP contribution in [0.2, 0.25) is 0 Å². The van der Waals surface area contributed by atoms with Gasteiger partial charge in [-0.3, -0.25) is 4.79 Å². The third-order valence-electron chi connectivity index (χ3n) is 2.84. The summed E-state index contributed by atoms with van der Waals surface area (Å²) in [4.78, 5) is 11.8. The first-order valence-electron chi connectivity index (χ1n) is 7.38. The lowest BCUT2D eigenvalue weighted by Crippen LogP contribution is -2.28. The molecule has 0 radical (unpaired) electrons. The third kappa shape index (κ3) is 8.32. The van der Waals surface area contributed by atoms with Crippen LogP contribution >= 0.6 is 0 Å². The molecule has 1 aromatic carbocycles. The van der Waals surface area contributed by atoms with Crippen molar-refractivity contribution in [2.75, 3.05) is 32.1 Å². The molecule has 118 valence electrons. The molecule has 1 aromatic rings. The highest BCUT2D eigenvalue weighted by Crippen LogP contribution is 2.16. The molecule has 5 nitrogen and oxygen atoms in total. The molecular weight excluding hydrogens is 268 g/mol. The zero-order valence-corrected chi connectivity index (χ0v) is 13.1. The predicted molar refractivity (Wildman–Crippen MR) is 84.8 cm³/mol. The van der Waals surface area contributed by atoms with E-state index in [-0.39, 0.29) is 12.0 Å². The van der Waals surface area contributed by atoms with Gasteiger partial charge in [-0.2, -0.15) is 0 Å². The van der Waals surface area contributed by atoms with Gasteiger partial charge in [0, 0.05) is 18.4 Å². The minimum atomic E-state index is -0.0540. The Bertz CT molecular complexity index is 422. The average Bonchev–Trinajstić information content (AvgIpc) is 2.46. The second-order valence-corrected chi connectivity index (χ2v) is 5.08. The number of benzene rings is 1. The zero-order valence-electron chi connectivity index (χ0n) is 13.1. The van der Waals surface area contributed by atoms with Gasteiger partial charge in [0.25, 0.3) is 0 Å². The summed E-state index contributed by atoms with van der Waals surface area (Å²) in [6, 6.07) is 7.31. The van der Waals surface area contributed by atoms with E-state index in [1.54, 1.807) is 13.2 Å². The van der Waals surface area contributed by atoms with Gasteiger partial charge in [-0.25, -0.2) is 0 Å². The molecule has 0 unspecified atom stereocenters. The summed E-state index contributed by atoms with van der Waals surface area (Å²) in [5.74, 6) is 0.674. The molecule has 1 amide bonds. The molecule has 0 heterocycles. The number of ether oxygens (including phenoxy) is 2. The highest BCUT2D eigenvalue weighted by Gasteiger charge is 2.02. The molecule has 2 N–H and O–H groups in total. The molecule has 1 rings (SSSR count). The average molecular weight is 294 g/mol. The summed E-state index contributed by atoms with van der Waals surface area (Å²) < 4.78 is 10.6. The number of hydrogen-bond acceptors (Lipinski definition) is 4. The van der Waals surface area contributed by atoms with Crippen LogP contribution in [0.1, 0.15) is 26.7 Å². The highest BCUT2D eigenvalue weighted by atomic mass is 16.5. The third-order valence-corrected chi connectivity index (χ3v) is 2.84. The number of unbranched alkanes of at least 4 members (excludes halogenated alkanes) is 1. The minimum absolute atomic E-state index is 0.0540. The maximum absolute atomic E-state index is 11.8. The van der Waals surface area contributed by atoms with Gasteiger partial charge in [-0.15, -0.1) is 0 Å². The first-order chi connectivity index (χ1) is 10.1. The Balaban J connectivity index is 2.11. The zero-order chi connectivity index (χ0) is 15.5. The van der Waals surface area contributed by atoms with Crippen molar-refractivity contribution >= 4 is 11.6 Å². The largest absolute Gasteiger partial charge is 0.497 e. The number of amides is 1. The Kier molecular flexibility index (Phi) is 8.47. The van der Waals surface area contributed by atoms with E-state index in [1.807, 2.05) is 32.0 Å². The Morgan fingerprint density at radius 1 is 1.29 bits per heavy atom. The topological polar surface area (TPSA) is 59.6 Å². The van der Waals surface area contributed by atoms with Crippen LogP contribution in [0.4, 0.5) is 5.69 Å². The van der Waals surface area contributed by atoms with E-state index in [1.165, 1.54) is 0 Å². The second kappa shape index (κ2) is 10.2. The summed E-state index contributed by atoms with van der Waals surface area (Å²) in [6.45, 7) is 5.95. The maximum atomic E-state index is 11.8. The molecule has 21 heavy (non-hydrogen) atoms. The number of nitrogens with one attached hydrogen (secondary N) is 2. The van der Waals surface area contributed by atoms with Crippen molar-refractivity contribution < 1.29 is 14.3 Å². The molecule has 0 atom stereocenters. The molecule has 0 aliphatic rings.